The van der Waals surface area contributed by atoms with Gasteiger partial charge in [0.1, 0.15) is 10.0 Å². The molecule has 15 heteroatoms. The molecule has 0 unspecified atom stereocenters. The first-order valence-corrected chi connectivity index (χ1v) is 5.91. The van der Waals surface area contributed by atoms with Crippen molar-refractivity contribution in [2.24, 2.45) is 0 Å². The maximum absolute atomic E-state index is 12.4. The molecule has 0 aromatic carbocycles. The Hall–Kier alpha value is 1.04. The van der Waals surface area contributed by atoms with E-state index in [1.807, 2.05) is 4.74 Å². The zero-order valence-electron chi connectivity index (χ0n) is 8.53. The van der Waals surface area contributed by atoms with Gasteiger partial charge in [-0.05, 0) is 0 Å². The van der Waals surface area contributed by atoms with Crippen molar-refractivity contribution in [2.45, 2.75) is 21.4 Å². The van der Waals surface area contributed by atoms with Crippen LogP contribution in [0.4, 0.5) is 35.1 Å². The average Bonchev–Trinajstić information content (AvgIpc) is 1.96. The Kier molecular flexibility index (Phi) is 7.09. The van der Waals surface area contributed by atoms with Crippen LogP contribution >= 0.6 is 22.6 Å². The van der Waals surface area contributed by atoms with Crippen molar-refractivity contribution in [1.29, 1.82) is 0 Å². The topological polar surface area (TPSA) is 67.2 Å². The van der Waals surface area contributed by atoms with Crippen molar-refractivity contribution in [2.75, 3.05) is 0 Å². The van der Waals surface area contributed by atoms with Crippen LogP contribution in [-0.4, -0.2) is 29.8 Å². The van der Waals surface area contributed by atoms with Crippen LogP contribution in [0, 0.1) is 0 Å². The third kappa shape index (κ3) is 4.77. The summed E-state index contributed by atoms with van der Waals surface area (Å²) in [7, 11) is -6.62. The molecule has 0 spiro atoms. The molecule has 0 rings (SSSR count). The second-order valence-electron chi connectivity index (χ2n) is 2.65. The van der Waals surface area contributed by atoms with Crippen LogP contribution in [0.1, 0.15) is 0 Å². The van der Waals surface area contributed by atoms with Crippen LogP contribution in [0.15, 0.2) is 0 Å². The minimum atomic E-state index is -6.62. The smallest absolute Gasteiger partial charge is 0.559 e. The van der Waals surface area contributed by atoms with E-state index in [0.29, 0.717) is 0 Å². The second-order valence-corrected chi connectivity index (χ2v) is 5.53. The Balaban J connectivity index is 0. The summed E-state index contributed by atoms with van der Waals surface area (Å²) in [5.74, 6) is 0. The van der Waals surface area contributed by atoms with Gasteiger partial charge in [-0.25, -0.2) is 13.2 Å². The maximum Gasteiger partial charge on any atom is 1.00 e. The van der Waals surface area contributed by atoms with Gasteiger partial charge in [0.15, 0.2) is 0 Å². The van der Waals surface area contributed by atoms with Gasteiger partial charge in [-0.3, -0.25) is 0 Å². The number of ether oxygens (including phenoxy) is 1. The van der Waals surface area contributed by atoms with Gasteiger partial charge < -0.3 is 5.14 Å². The van der Waals surface area contributed by atoms with Gasteiger partial charge in [0, 0.05) is 22.6 Å². The Morgan fingerprint density at radius 2 is 1.21 bits per heavy atom. The molecule has 0 fully saturated rings. The van der Waals surface area contributed by atoms with Crippen molar-refractivity contribution < 1.29 is 77.8 Å². The number of halogens is 9. The molecule has 0 amide bonds. The number of sulfonamides is 1. The number of alkyl halides is 9. The molecule has 0 aliphatic heterocycles. The van der Waals surface area contributed by atoms with Crippen molar-refractivity contribution in [3.63, 3.8) is 0 Å². The van der Waals surface area contributed by atoms with E-state index >= 15 is 0 Å². The molecule has 0 radical (unpaired) electrons. The molecule has 0 aromatic rings. The van der Waals surface area contributed by atoms with E-state index in [4.69, 9.17) is 5.14 Å². The standard InChI is InChI=1S/C4HF8INO3S.Na/c5-1(6,13)2(7,8)17-3(9,10)4(11,12)18(14,15)16;/h(H-,14,15,16);/q-1;+1. The van der Waals surface area contributed by atoms with Gasteiger partial charge >= 0.3 is 51.0 Å². The molecule has 0 aliphatic carbocycles. The Labute approximate surface area is 136 Å². The van der Waals surface area contributed by atoms with Crippen LogP contribution in [0.25, 0.3) is 5.14 Å². The van der Waals surface area contributed by atoms with Crippen LogP contribution in [0.2, 0.25) is 0 Å². The Bertz CT molecular complexity index is 422. The fourth-order valence-electron chi connectivity index (χ4n) is 0.435. The van der Waals surface area contributed by atoms with Gasteiger partial charge in [-0.1, -0.05) is 0 Å². The third-order valence-corrected chi connectivity index (χ3v) is 2.80. The first-order valence-electron chi connectivity index (χ1n) is 3.35. The predicted octanol–water partition coefficient (Wildman–Crippen LogP) is 0.195. The fourth-order valence-corrected chi connectivity index (χ4v) is 0.899. The summed E-state index contributed by atoms with van der Waals surface area (Å²) in [5.41, 5.74) is 0. The summed E-state index contributed by atoms with van der Waals surface area (Å²) in [6.07, 6.45) is -12.6. The number of hydrogen-bond donors (Lipinski definition) is 0. The van der Waals surface area contributed by atoms with E-state index in [-0.39, 0.29) is 52.1 Å². The first-order chi connectivity index (χ1) is 7.46. The van der Waals surface area contributed by atoms with Gasteiger partial charge in [0.2, 0.25) is 0 Å². The summed E-state index contributed by atoms with van der Waals surface area (Å²) < 4.78 is 115. The van der Waals surface area contributed by atoms with E-state index in [9.17, 15) is 43.5 Å². The van der Waals surface area contributed by atoms with Crippen molar-refractivity contribution in [3.05, 3.63) is 5.14 Å². The third-order valence-electron chi connectivity index (χ3n) is 1.26. The molecule has 0 heterocycles. The van der Waals surface area contributed by atoms with Gasteiger partial charge in [-0.15, -0.1) is 0 Å². The van der Waals surface area contributed by atoms with Gasteiger partial charge in [-0.2, -0.15) is 35.1 Å². The monoisotopic (exact) mass is 445 g/mol. The van der Waals surface area contributed by atoms with Crippen LogP contribution in [0.5, 0.6) is 0 Å². The van der Waals surface area contributed by atoms with Crippen LogP contribution in [0.3, 0.4) is 0 Å². The van der Waals surface area contributed by atoms with E-state index in [1.165, 1.54) is 0 Å². The maximum atomic E-state index is 12.4. The van der Waals surface area contributed by atoms with Crippen molar-refractivity contribution in [1.82, 2.24) is 0 Å². The quantitative estimate of drug-likeness (QED) is 0.263. The van der Waals surface area contributed by atoms with Gasteiger partial charge in [0.25, 0.3) is 0 Å². The molecule has 0 aromatic heterocycles. The summed E-state index contributed by atoms with van der Waals surface area (Å²) in [6, 6.07) is 0. The predicted molar refractivity (Wildman–Crippen MR) is 48.1 cm³/mol. The second kappa shape index (κ2) is 6.04. The van der Waals surface area contributed by atoms with Crippen molar-refractivity contribution in [3.8, 4) is 0 Å². The largest absolute Gasteiger partial charge is 1.00 e. The molecule has 4 nitrogen and oxygen atoms in total. The van der Waals surface area contributed by atoms with Crippen molar-refractivity contribution >= 4 is 32.6 Å². The molecule has 0 saturated heterocycles. The first kappa shape index (κ1) is 22.3. The zero-order chi connectivity index (χ0) is 15.2. The molecular formula is C4HF8INNaO3S. The molecule has 0 saturated carbocycles. The average molecular weight is 445 g/mol. The van der Waals surface area contributed by atoms with E-state index in [2.05, 4.69) is 0 Å². The zero-order valence-corrected chi connectivity index (χ0v) is 13.5. The molecule has 0 aliphatic rings. The molecule has 110 valence electrons. The number of rotatable bonds is 5. The molecular weight excluding hydrogens is 444 g/mol. The van der Waals surface area contributed by atoms with Crippen LogP contribution in [-0.2, 0) is 14.8 Å². The molecule has 19 heavy (non-hydrogen) atoms. The molecule has 0 atom stereocenters. The molecule has 1 N–H and O–H groups in total. The minimum Gasteiger partial charge on any atom is -0.559 e. The van der Waals surface area contributed by atoms with Gasteiger partial charge in [0.05, 0.1) is 0 Å². The summed E-state index contributed by atoms with van der Waals surface area (Å²) >= 11 is -0.374. The SMILES string of the molecule is [NH-]S(=O)(=O)C(F)(F)C(F)(F)OC(F)(F)C(F)(F)I.[Na+]. The Morgan fingerprint density at radius 3 is 1.42 bits per heavy atom. The normalized spacial score (nSPS) is 15.1. The Morgan fingerprint density at radius 1 is 0.895 bits per heavy atom. The van der Waals surface area contributed by atoms with E-state index in [1.54, 1.807) is 0 Å². The fraction of sp³-hybridized carbons (Fsp3) is 1.00. The molecule has 0 bridgehead atoms. The number of hydrogen-bond acceptors (Lipinski definition) is 3. The number of nitrogens with one attached hydrogen (secondary N) is 1. The minimum absolute atomic E-state index is 0. The van der Waals surface area contributed by atoms with Crippen LogP contribution < -0.4 is 29.6 Å². The van der Waals surface area contributed by atoms with E-state index in [0.717, 1.165) is 0 Å². The summed E-state index contributed by atoms with van der Waals surface area (Å²) in [4.78, 5) is 0. The summed E-state index contributed by atoms with van der Waals surface area (Å²) in [5, 5.41) is -0.743. The summed E-state index contributed by atoms with van der Waals surface area (Å²) in [6.45, 7) is 0. The van der Waals surface area contributed by atoms with E-state index < -0.39 is 31.4 Å².